The second kappa shape index (κ2) is 7.58. The van der Waals surface area contributed by atoms with Crippen molar-refractivity contribution >= 4 is 45.6 Å². The Morgan fingerprint density at radius 1 is 1.30 bits per heavy atom. The van der Waals surface area contributed by atoms with Gasteiger partial charge in [-0.25, -0.2) is 0 Å². The number of ether oxygens (including phenoxy) is 1. The molecule has 1 saturated heterocycles. The maximum absolute atomic E-state index is 13.4. The van der Waals surface area contributed by atoms with Crippen LogP contribution in [0.5, 0.6) is 0 Å². The van der Waals surface area contributed by atoms with E-state index in [4.69, 9.17) is 20.8 Å². The van der Waals surface area contributed by atoms with Crippen molar-refractivity contribution in [1.82, 2.24) is 4.90 Å². The Kier molecular flexibility index (Phi) is 4.89. The number of nitrogens with zero attached hydrogens (tertiary/aromatic N) is 1. The number of furan rings is 1. The van der Waals surface area contributed by atoms with Crippen LogP contribution >= 0.6 is 22.9 Å². The van der Waals surface area contributed by atoms with Gasteiger partial charge in [0.2, 0.25) is 5.78 Å². The van der Waals surface area contributed by atoms with Gasteiger partial charge in [0.15, 0.2) is 11.5 Å². The maximum atomic E-state index is 13.4. The number of hydrogen-bond donors (Lipinski definition) is 1. The molecule has 4 heterocycles. The van der Waals surface area contributed by atoms with E-state index in [0.717, 1.165) is 17.7 Å². The number of carbonyl (C=O) groups is 2. The first kappa shape index (κ1) is 19.4. The highest BCUT2D eigenvalue weighted by molar-refractivity contribution is 7.10. The largest absolute Gasteiger partial charge is 0.503 e. The highest BCUT2D eigenvalue weighted by Crippen LogP contribution is 2.41. The van der Waals surface area contributed by atoms with Crippen molar-refractivity contribution in [2.24, 2.45) is 0 Å². The number of benzene rings is 1. The van der Waals surface area contributed by atoms with E-state index in [9.17, 15) is 14.7 Å². The summed E-state index contributed by atoms with van der Waals surface area (Å²) in [5.41, 5.74) is 0.543. The van der Waals surface area contributed by atoms with Gasteiger partial charge in [-0.1, -0.05) is 17.7 Å². The smallest absolute Gasteiger partial charge is 0.290 e. The van der Waals surface area contributed by atoms with Gasteiger partial charge in [-0.05, 0) is 48.6 Å². The van der Waals surface area contributed by atoms with Crippen molar-refractivity contribution in [2.75, 3.05) is 13.2 Å². The number of carbonyl (C=O) groups excluding carboxylic acids is 2. The molecule has 0 aliphatic carbocycles. The molecule has 3 aromatic rings. The van der Waals surface area contributed by atoms with Crippen LogP contribution in [0.15, 0.2) is 57.5 Å². The zero-order valence-corrected chi connectivity index (χ0v) is 17.4. The molecule has 0 bridgehead atoms. The molecule has 0 radical (unpaired) electrons. The SMILES string of the molecule is O=C(C1=C(O)C(=O)N(CC2CCCO2)C1c1cccs1)c1cc2cc(Cl)ccc2o1. The highest BCUT2D eigenvalue weighted by Gasteiger charge is 2.46. The first-order valence-corrected chi connectivity index (χ1v) is 10.9. The van der Waals surface area contributed by atoms with Gasteiger partial charge in [-0.2, -0.15) is 0 Å². The fourth-order valence-corrected chi connectivity index (χ4v) is 5.11. The van der Waals surface area contributed by atoms with E-state index in [1.54, 1.807) is 24.3 Å². The van der Waals surface area contributed by atoms with Crippen LogP contribution in [0, 0.1) is 0 Å². The molecular weight excluding hydrogens is 426 g/mol. The Morgan fingerprint density at radius 3 is 2.90 bits per heavy atom. The highest BCUT2D eigenvalue weighted by atomic mass is 35.5. The fraction of sp³-hybridized carbons (Fsp3) is 0.273. The summed E-state index contributed by atoms with van der Waals surface area (Å²) in [5, 5.41) is 13.8. The third-order valence-electron chi connectivity index (χ3n) is 5.49. The Bertz CT molecular complexity index is 1160. The number of thiophene rings is 1. The van der Waals surface area contributed by atoms with Gasteiger partial charge < -0.3 is 19.2 Å². The molecule has 1 fully saturated rings. The van der Waals surface area contributed by atoms with Crippen molar-refractivity contribution in [1.29, 1.82) is 0 Å². The van der Waals surface area contributed by atoms with Crippen LogP contribution in [0.25, 0.3) is 11.0 Å². The molecule has 1 aromatic carbocycles. The maximum Gasteiger partial charge on any atom is 0.290 e. The topological polar surface area (TPSA) is 80.0 Å². The summed E-state index contributed by atoms with van der Waals surface area (Å²) < 4.78 is 11.4. The zero-order chi connectivity index (χ0) is 20.8. The Morgan fingerprint density at radius 2 is 2.17 bits per heavy atom. The minimum atomic E-state index is -0.675. The van der Waals surface area contributed by atoms with Crippen LogP contribution in [0.4, 0.5) is 0 Å². The van der Waals surface area contributed by atoms with E-state index in [-0.39, 0.29) is 17.4 Å². The predicted octanol–water partition coefficient (Wildman–Crippen LogP) is 4.91. The van der Waals surface area contributed by atoms with Crippen molar-refractivity contribution in [2.45, 2.75) is 25.0 Å². The van der Waals surface area contributed by atoms with Crippen molar-refractivity contribution in [3.05, 3.63) is 68.8 Å². The summed E-state index contributed by atoms with van der Waals surface area (Å²) in [5.74, 6) is -1.55. The van der Waals surface area contributed by atoms with Crippen LogP contribution in [-0.2, 0) is 9.53 Å². The molecule has 5 rings (SSSR count). The number of Topliss-reactive ketones (excluding diaryl/α,β-unsaturated/α-hetero) is 1. The van der Waals surface area contributed by atoms with E-state index in [2.05, 4.69) is 0 Å². The van der Waals surface area contributed by atoms with Crippen LogP contribution < -0.4 is 0 Å². The average molecular weight is 444 g/mol. The molecule has 2 aromatic heterocycles. The third kappa shape index (κ3) is 3.23. The number of amides is 1. The normalized spacial score (nSPS) is 21.9. The molecule has 0 saturated carbocycles. The van der Waals surface area contributed by atoms with Crippen LogP contribution in [0.2, 0.25) is 5.02 Å². The van der Waals surface area contributed by atoms with E-state index in [1.165, 1.54) is 16.2 Å². The molecule has 0 spiro atoms. The van der Waals surface area contributed by atoms with Crippen LogP contribution in [0.3, 0.4) is 0 Å². The van der Waals surface area contributed by atoms with Crippen LogP contribution in [-0.4, -0.2) is 41.0 Å². The lowest BCUT2D eigenvalue weighted by Gasteiger charge is -2.27. The standard InChI is InChI=1S/C22H18ClNO5S/c23-13-5-6-15-12(9-13)10-16(29-15)20(25)18-19(17-4-2-8-30-17)24(22(27)21(18)26)11-14-3-1-7-28-14/h2,4-6,8-10,14,19,26H,1,3,7,11H2. The Hall–Kier alpha value is -2.61. The van der Waals surface area contributed by atoms with Gasteiger partial charge in [-0.3, -0.25) is 9.59 Å². The molecule has 2 unspecified atom stereocenters. The van der Waals surface area contributed by atoms with Gasteiger partial charge in [0.05, 0.1) is 17.7 Å². The van der Waals surface area contributed by atoms with E-state index >= 15 is 0 Å². The average Bonchev–Trinajstić information content (AvgIpc) is 3.52. The van der Waals surface area contributed by atoms with E-state index in [0.29, 0.717) is 29.1 Å². The minimum absolute atomic E-state index is 0.0330. The van der Waals surface area contributed by atoms with E-state index < -0.39 is 23.5 Å². The monoisotopic (exact) mass is 443 g/mol. The van der Waals surface area contributed by atoms with Gasteiger partial charge >= 0.3 is 0 Å². The second-order valence-corrected chi connectivity index (χ2v) is 8.81. The summed E-state index contributed by atoms with van der Waals surface area (Å²) in [7, 11) is 0. The van der Waals surface area contributed by atoms with Crippen molar-refractivity contribution in [3.8, 4) is 0 Å². The molecule has 2 aliphatic heterocycles. The molecule has 2 aliphatic rings. The van der Waals surface area contributed by atoms with Gasteiger partial charge in [-0.15, -0.1) is 11.3 Å². The first-order chi connectivity index (χ1) is 14.5. The lowest BCUT2D eigenvalue weighted by atomic mass is 10.00. The number of ketones is 1. The van der Waals surface area contributed by atoms with Crippen LogP contribution in [0.1, 0.15) is 34.3 Å². The minimum Gasteiger partial charge on any atom is -0.503 e. The molecule has 1 N–H and O–H groups in total. The number of hydrogen-bond acceptors (Lipinski definition) is 6. The quantitative estimate of drug-likeness (QED) is 0.567. The molecule has 154 valence electrons. The molecule has 8 heteroatoms. The summed E-state index contributed by atoms with van der Waals surface area (Å²) >= 11 is 7.46. The summed E-state index contributed by atoms with van der Waals surface area (Å²) in [6, 6.07) is 9.68. The Balaban J connectivity index is 1.55. The molecule has 6 nitrogen and oxygen atoms in total. The third-order valence-corrected chi connectivity index (χ3v) is 6.65. The molecule has 2 atom stereocenters. The summed E-state index contributed by atoms with van der Waals surface area (Å²) in [6.07, 6.45) is 1.67. The second-order valence-electron chi connectivity index (χ2n) is 7.39. The Labute approximate surface area is 181 Å². The number of rotatable bonds is 5. The number of aliphatic hydroxyl groups excluding tert-OH is 1. The lowest BCUT2D eigenvalue weighted by Crippen LogP contribution is -2.37. The summed E-state index contributed by atoms with van der Waals surface area (Å²) in [4.78, 5) is 28.7. The van der Waals surface area contributed by atoms with Gasteiger partial charge in [0.25, 0.3) is 5.91 Å². The lowest BCUT2D eigenvalue weighted by molar-refractivity contribution is -0.130. The summed E-state index contributed by atoms with van der Waals surface area (Å²) in [6.45, 7) is 0.973. The first-order valence-electron chi connectivity index (χ1n) is 9.66. The zero-order valence-electron chi connectivity index (χ0n) is 15.8. The van der Waals surface area contributed by atoms with Gasteiger partial charge in [0.1, 0.15) is 5.58 Å². The van der Waals surface area contributed by atoms with Crippen molar-refractivity contribution in [3.63, 3.8) is 0 Å². The molecule has 1 amide bonds. The molecule has 30 heavy (non-hydrogen) atoms. The molecular formula is C22H18ClNO5S. The number of fused-ring (bicyclic) bond motifs is 1. The van der Waals surface area contributed by atoms with Crippen molar-refractivity contribution < 1.29 is 23.8 Å². The van der Waals surface area contributed by atoms with Gasteiger partial charge in [0, 0.05) is 28.4 Å². The fourth-order valence-electron chi connectivity index (χ4n) is 4.08. The van der Waals surface area contributed by atoms with E-state index in [1.807, 2.05) is 17.5 Å². The number of aliphatic hydroxyl groups is 1. The number of halogens is 1. The predicted molar refractivity (Wildman–Crippen MR) is 113 cm³/mol.